The topological polar surface area (TPSA) is 61.8 Å². The van der Waals surface area contributed by atoms with Gasteiger partial charge in [0.15, 0.2) is 11.2 Å². The fraction of sp³-hybridized carbons (Fsp3) is 0.214. The fourth-order valence-electron chi connectivity index (χ4n) is 2.37. The Balaban J connectivity index is 2.32. The molecule has 21 heavy (non-hydrogen) atoms. The zero-order valence-corrected chi connectivity index (χ0v) is 12.3. The average Bonchev–Trinajstić information content (AvgIpc) is 2.81. The Morgan fingerprint density at radius 2 is 1.76 bits per heavy atom. The molecule has 0 aliphatic rings. The Kier molecular flexibility index (Phi) is 3.17. The average molecular weight is 305 g/mol. The lowest BCUT2D eigenvalue weighted by Crippen LogP contribution is -2.37. The first kappa shape index (κ1) is 13.6. The molecule has 0 aliphatic carbocycles. The summed E-state index contributed by atoms with van der Waals surface area (Å²) in [6.45, 7) is 0.441. The number of aryl methyl sites for hydroxylation is 1. The number of benzene rings is 1. The monoisotopic (exact) mass is 304 g/mol. The predicted molar refractivity (Wildman–Crippen MR) is 80.8 cm³/mol. The molecule has 6 nitrogen and oxygen atoms in total. The van der Waals surface area contributed by atoms with Crippen molar-refractivity contribution in [2.24, 2.45) is 14.1 Å². The van der Waals surface area contributed by atoms with Crippen molar-refractivity contribution in [2.45, 2.75) is 6.54 Å². The number of rotatable bonds is 2. The Morgan fingerprint density at radius 3 is 2.43 bits per heavy atom. The van der Waals surface area contributed by atoms with E-state index in [-0.39, 0.29) is 10.8 Å². The minimum atomic E-state index is -0.443. The van der Waals surface area contributed by atoms with Gasteiger partial charge in [-0.15, -0.1) is 0 Å². The van der Waals surface area contributed by atoms with Crippen molar-refractivity contribution in [3.63, 3.8) is 0 Å². The van der Waals surface area contributed by atoms with Gasteiger partial charge in [0, 0.05) is 14.1 Å². The Bertz CT molecular complexity index is 937. The zero-order valence-electron chi connectivity index (χ0n) is 11.6. The van der Waals surface area contributed by atoms with Crippen molar-refractivity contribution in [3.8, 4) is 0 Å². The van der Waals surface area contributed by atoms with E-state index in [4.69, 9.17) is 11.6 Å². The van der Waals surface area contributed by atoms with E-state index in [2.05, 4.69) is 4.98 Å². The minimum Gasteiger partial charge on any atom is -0.296 e. The third-order valence-corrected chi connectivity index (χ3v) is 3.77. The normalized spacial score (nSPS) is 11.2. The molecule has 2 heterocycles. The molecule has 0 atom stereocenters. The lowest BCUT2D eigenvalue weighted by Gasteiger charge is -2.09. The third-order valence-electron chi connectivity index (χ3n) is 3.48. The van der Waals surface area contributed by atoms with Crippen LogP contribution in [-0.2, 0) is 20.6 Å². The van der Waals surface area contributed by atoms with Crippen molar-refractivity contribution < 1.29 is 0 Å². The molecular formula is C14H13ClN4O2. The number of nitrogens with zero attached hydrogens (tertiary/aromatic N) is 4. The molecule has 0 fully saturated rings. The van der Waals surface area contributed by atoms with E-state index in [9.17, 15) is 9.59 Å². The highest BCUT2D eigenvalue weighted by atomic mass is 35.5. The van der Waals surface area contributed by atoms with Crippen molar-refractivity contribution >= 4 is 22.8 Å². The highest BCUT2D eigenvalue weighted by Gasteiger charge is 2.17. The number of aromatic nitrogens is 4. The predicted octanol–water partition coefficient (Wildman–Crippen LogP) is 1.14. The van der Waals surface area contributed by atoms with E-state index in [0.717, 1.165) is 10.1 Å². The van der Waals surface area contributed by atoms with Crippen LogP contribution < -0.4 is 11.2 Å². The molecule has 0 bridgehead atoms. The molecule has 1 aromatic carbocycles. The fourth-order valence-corrected chi connectivity index (χ4v) is 2.59. The van der Waals surface area contributed by atoms with Gasteiger partial charge >= 0.3 is 5.69 Å². The van der Waals surface area contributed by atoms with Crippen molar-refractivity contribution in [2.75, 3.05) is 0 Å². The Morgan fingerprint density at radius 1 is 1.10 bits per heavy atom. The van der Waals surface area contributed by atoms with E-state index in [1.807, 2.05) is 30.3 Å². The SMILES string of the molecule is Cn1c(=O)c2nc(Cl)n(Cc3ccccc3)c2n(C)c1=O. The second-order valence-electron chi connectivity index (χ2n) is 4.83. The van der Waals surface area contributed by atoms with Gasteiger partial charge in [0.1, 0.15) is 0 Å². The number of fused-ring (bicyclic) bond motifs is 1. The smallest absolute Gasteiger partial charge is 0.296 e. The molecule has 2 aromatic heterocycles. The van der Waals surface area contributed by atoms with Gasteiger partial charge in [0.2, 0.25) is 5.28 Å². The number of hydrogen-bond acceptors (Lipinski definition) is 3. The van der Waals surface area contributed by atoms with E-state index >= 15 is 0 Å². The van der Waals surface area contributed by atoms with Gasteiger partial charge in [0.25, 0.3) is 5.56 Å². The molecule has 0 unspecified atom stereocenters. The largest absolute Gasteiger partial charge is 0.332 e. The molecule has 3 aromatic rings. The Labute approximate surface area is 124 Å². The summed E-state index contributed by atoms with van der Waals surface area (Å²) in [5.41, 5.74) is 0.782. The van der Waals surface area contributed by atoms with E-state index in [1.165, 1.54) is 11.6 Å². The summed E-state index contributed by atoms with van der Waals surface area (Å²) >= 11 is 6.15. The standard InChI is InChI=1S/C14H13ClN4O2/c1-17-11-10(12(20)18(2)14(17)21)16-13(15)19(11)8-9-6-4-3-5-7-9/h3-7H,8H2,1-2H3. The highest BCUT2D eigenvalue weighted by Crippen LogP contribution is 2.17. The summed E-state index contributed by atoms with van der Waals surface area (Å²) in [4.78, 5) is 28.3. The van der Waals surface area contributed by atoms with Gasteiger partial charge in [-0.2, -0.15) is 0 Å². The Hall–Kier alpha value is -2.34. The van der Waals surface area contributed by atoms with Gasteiger partial charge in [-0.25, -0.2) is 9.78 Å². The van der Waals surface area contributed by atoms with E-state index in [0.29, 0.717) is 12.2 Å². The maximum absolute atomic E-state index is 12.1. The van der Waals surface area contributed by atoms with Crippen LogP contribution in [0.2, 0.25) is 5.28 Å². The van der Waals surface area contributed by atoms with Gasteiger partial charge in [-0.3, -0.25) is 18.5 Å². The van der Waals surface area contributed by atoms with Gasteiger partial charge in [-0.1, -0.05) is 30.3 Å². The van der Waals surface area contributed by atoms with Crippen LogP contribution in [0.15, 0.2) is 39.9 Å². The summed E-state index contributed by atoms with van der Waals surface area (Å²) in [5.74, 6) is 0. The number of hydrogen-bond donors (Lipinski definition) is 0. The van der Waals surface area contributed by atoms with E-state index < -0.39 is 11.2 Å². The van der Waals surface area contributed by atoms with Crippen LogP contribution in [0.4, 0.5) is 0 Å². The molecular weight excluding hydrogens is 292 g/mol. The summed E-state index contributed by atoms with van der Waals surface area (Å²) in [6, 6.07) is 9.64. The second kappa shape index (κ2) is 4.89. The highest BCUT2D eigenvalue weighted by molar-refractivity contribution is 6.29. The summed E-state index contributed by atoms with van der Waals surface area (Å²) < 4.78 is 4.08. The molecule has 7 heteroatoms. The number of halogens is 1. The van der Waals surface area contributed by atoms with Crippen LogP contribution in [0.1, 0.15) is 5.56 Å². The van der Waals surface area contributed by atoms with Crippen molar-refractivity contribution in [3.05, 3.63) is 62.0 Å². The molecule has 0 spiro atoms. The summed E-state index contributed by atoms with van der Waals surface area (Å²) in [6.07, 6.45) is 0. The quantitative estimate of drug-likeness (QED) is 0.667. The van der Waals surface area contributed by atoms with Gasteiger partial charge in [-0.05, 0) is 17.2 Å². The zero-order chi connectivity index (χ0) is 15.1. The first-order chi connectivity index (χ1) is 10.0. The van der Waals surface area contributed by atoms with Gasteiger partial charge < -0.3 is 0 Å². The molecule has 3 rings (SSSR count). The molecule has 0 saturated heterocycles. The maximum atomic E-state index is 12.1. The lowest BCUT2D eigenvalue weighted by atomic mass is 10.2. The summed E-state index contributed by atoms with van der Waals surface area (Å²) in [5, 5.41) is 0.187. The molecule has 0 N–H and O–H groups in total. The first-order valence-corrected chi connectivity index (χ1v) is 6.74. The van der Waals surface area contributed by atoms with Crippen molar-refractivity contribution in [1.82, 2.24) is 18.7 Å². The van der Waals surface area contributed by atoms with Crippen LogP contribution in [0.3, 0.4) is 0 Å². The van der Waals surface area contributed by atoms with Crippen LogP contribution >= 0.6 is 11.6 Å². The maximum Gasteiger partial charge on any atom is 0.332 e. The molecule has 108 valence electrons. The van der Waals surface area contributed by atoms with Gasteiger partial charge in [0.05, 0.1) is 6.54 Å². The molecule has 0 amide bonds. The van der Waals surface area contributed by atoms with Crippen LogP contribution in [-0.4, -0.2) is 18.7 Å². The first-order valence-electron chi connectivity index (χ1n) is 6.36. The minimum absolute atomic E-state index is 0.187. The van der Waals surface area contributed by atoms with Crippen LogP contribution in [0, 0.1) is 0 Å². The second-order valence-corrected chi connectivity index (χ2v) is 5.17. The molecule has 0 radical (unpaired) electrons. The van der Waals surface area contributed by atoms with Crippen LogP contribution in [0.25, 0.3) is 11.2 Å². The lowest BCUT2D eigenvalue weighted by molar-refractivity contribution is 0.688. The third kappa shape index (κ3) is 2.08. The molecule has 0 saturated carbocycles. The van der Waals surface area contributed by atoms with E-state index in [1.54, 1.807) is 11.6 Å². The summed E-state index contributed by atoms with van der Waals surface area (Å²) in [7, 11) is 3.03. The van der Waals surface area contributed by atoms with Crippen molar-refractivity contribution in [1.29, 1.82) is 0 Å². The van der Waals surface area contributed by atoms with Crippen LogP contribution in [0.5, 0.6) is 0 Å². The number of imidazole rings is 1. The molecule has 0 aliphatic heterocycles.